The van der Waals surface area contributed by atoms with Crippen molar-refractivity contribution in [3.05, 3.63) is 58.6 Å². The van der Waals surface area contributed by atoms with Crippen LogP contribution in [0.2, 0.25) is 10.0 Å². The van der Waals surface area contributed by atoms with Crippen LogP contribution < -0.4 is 9.80 Å². The second-order valence-electron chi connectivity index (χ2n) is 6.74. The van der Waals surface area contributed by atoms with E-state index in [1.807, 2.05) is 18.2 Å². The molecule has 2 fully saturated rings. The van der Waals surface area contributed by atoms with Crippen molar-refractivity contribution < 1.29 is 9.59 Å². The van der Waals surface area contributed by atoms with Crippen LogP contribution in [0.15, 0.2) is 48.5 Å². The maximum atomic E-state index is 13.0. The SMILES string of the molecule is O=C1CC(N2CCN(c3ccccc3)CC2)C(=O)N1c1ccc(Cl)cc1Cl. The monoisotopic (exact) mass is 403 g/mol. The van der Waals surface area contributed by atoms with Crippen LogP contribution in [0.5, 0.6) is 0 Å². The third kappa shape index (κ3) is 3.55. The molecule has 2 aliphatic rings. The van der Waals surface area contributed by atoms with Gasteiger partial charge in [-0.3, -0.25) is 14.5 Å². The van der Waals surface area contributed by atoms with Crippen LogP contribution in [0.25, 0.3) is 0 Å². The van der Waals surface area contributed by atoms with Gasteiger partial charge < -0.3 is 4.90 Å². The molecule has 140 valence electrons. The van der Waals surface area contributed by atoms with Gasteiger partial charge in [-0.1, -0.05) is 41.4 Å². The lowest BCUT2D eigenvalue weighted by molar-refractivity contribution is -0.123. The Kier molecular flexibility index (Phi) is 5.08. The third-order valence-corrected chi connectivity index (χ3v) is 5.69. The topological polar surface area (TPSA) is 43.9 Å². The molecule has 0 aliphatic carbocycles. The van der Waals surface area contributed by atoms with Crippen molar-refractivity contribution in [2.24, 2.45) is 0 Å². The van der Waals surface area contributed by atoms with Gasteiger partial charge in [-0.25, -0.2) is 4.90 Å². The highest BCUT2D eigenvalue weighted by Gasteiger charge is 2.43. The van der Waals surface area contributed by atoms with E-state index in [-0.39, 0.29) is 18.2 Å². The fourth-order valence-electron chi connectivity index (χ4n) is 3.75. The number of hydrogen-bond acceptors (Lipinski definition) is 4. The van der Waals surface area contributed by atoms with Crippen molar-refractivity contribution in [2.75, 3.05) is 36.0 Å². The van der Waals surface area contributed by atoms with E-state index in [4.69, 9.17) is 23.2 Å². The molecular formula is C20H19Cl2N3O2. The summed E-state index contributed by atoms with van der Waals surface area (Å²) in [6.45, 7) is 3.12. The van der Waals surface area contributed by atoms with Gasteiger partial charge in [0.15, 0.2) is 0 Å². The zero-order valence-corrected chi connectivity index (χ0v) is 16.2. The van der Waals surface area contributed by atoms with Crippen molar-refractivity contribution >= 4 is 46.4 Å². The molecule has 0 N–H and O–H groups in total. The molecule has 0 bridgehead atoms. The molecule has 2 aromatic rings. The zero-order valence-electron chi connectivity index (χ0n) is 14.6. The number of nitrogens with zero attached hydrogens (tertiary/aromatic N) is 3. The summed E-state index contributed by atoms with van der Waals surface area (Å²) in [7, 11) is 0. The highest BCUT2D eigenvalue weighted by Crippen LogP contribution is 2.33. The minimum absolute atomic E-state index is 0.184. The summed E-state index contributed by atoms with van der Waals surface area (Å²) >= 11 is 12.1. The quantitative estimate of drug-likeness (QED) is 0.736. The van der Waals surface area contributed by atoms with Crippen LogP contribution in [-0.2, 0) is 9.59 Å². The van der Waals surface area contributed by atoms with E-state index in [1.54, 1.807) is 18.2 Å². The first-order chi connectivity index (χ1) is 13.0. The van der Waals surface area contributed by atoms with E-state index < -0.39 is 6.04 Å². The van der Waals surface area contributed by atoms with E-state index >= 15 is 0 Å². The Labute approximate surface area is 168 Å². The van der Waals surface area contributed by atoms with Gasteiger partial charge in [-0.15, -0.1) is 0 Å². The van der Waals surface area contributed by atoms with Gasteiger partial charge in [0.2, 0.25) is 5.91 Å². The molecule has 0 saturated carbocycles. The number of halogens is 2. The molecule has 2 saturated heterocycles. The number of hydrogen-bond donors (Lipinski definition) is 0. The number of anilines is 2. The number of para-hydroxylation sites is 1. The first kappa shape index (κ1) is 18.3. The van der Waals surface area contributed by atoms with E-state index in [0.29, 0.717) is 15.7 Å². The summed E-state index contributed by atoms with van der Waals surface area (Å²) in [5.74, 6) is -0.433. The Morgan fingerprint density at radius 1 is 0.889 bits per heavy atom. The van der Waals surface area contributed by atoms with Crippen molar-refractivity contribution in [1.29, 1.82) is 0 Å². The smallest absolute Gasteiger partial charge is 0.251 e. The number of benzene rings is 2. The number of amides is 2. The Hall–Kier alpha value is -2.08. The highest BCUT2D eigenvalue weighted by atomic mass is 35.5. The Morgan fingerprint density at radius 3 is 2.26 bits per heavy atom. The van der Waals surface area contributed by atoms with Crippen LogP contribution >= 0.6 is 23.2 Å². The number of rotatable bonds is 3. The molecular weight excluding hydrogens is 385 g/mol. The molecule has 2 heterocycles. The van der Waals surface area contributed by atoms with E-state index in [9.17, 15) is 9.59 Å². The van der Waals surface area contributed by atoms with Gasteiger partial charge in [0, 0.05) is 36.9 Å². The summed E-state index contributed by atoms with van der Waals surface area (Å²) < 4.78 is 0. The molecule has 2 aromatic carbocycles. The summed E-state index contributed by atoms with van der Waals surface area (Å²) in [4.78, 5) is 31.1. The third-order valence-electron chi connectivity index (χ3n) is 5.15. The lowest BCUT2D eigenvalue weighted by Crippen LogP contribution is -2.52. The fourth-order valence-corrected chi connectivity index (χ4v) is 4.24. The molecule has 5 nitrogen and oxygen atoms in total. The molecule has 1 atom stereocenters. The van der Waals surface area contributed by atoms with Crippen LogP contribution in [0.1, 0.15) is 6.42 Å². The summed E-state index contributed by atoms with van der Waals surface area (Å²) in [6, 6.07) is 14.6. The van der Waals surface area contributed by atoms with E-state index in [0.717, 1.165) is 26.2 Å². The van der Waals surface area contributed by atoms with Crippen LogP contribution in [0.4, 0.5) is 11.4 Å². The van der Waals surface area contributed by atoms with Crippen molar-refractivity contribution in [2.45, 2.75) is 12.5 Å². The molecule has 1 unspecified atom stereocenters. The highest BCUT2D eigenvalue weighted by molar-refractivity contribution is 6.38. The first-order valence-electron chi connectivity index (χ1n) is 8.90. The number of imide groups is 1. The predicted molar refractivity (Wildman–Crippen MR) is 108 cm³/mol. The zero-order chi connectivity index (χ0) is 19.0. The van der Waals surface area contributed by atoms with Gasteiger partial charge in [-0.2, -0.15) is 0 Å². The van der Waals surface area contributed by atoms with Crippen LogP contribution in [0.3, 0.4) is 0 Å². The maximum Gasteiger partial charge on any atom is 0.251 e. The first-order valence-corrected chi connectivity index (χ1v) is 9.66. The maximum absolute atomic E-state index is 13.0. The Bertz CT molecular complexity index is 867. The molecule has 27 heavy (non-hydrogen) atoms. The average Bonchev–Trinajstić information content (AvgIpc) is 2.97. The number of piperazine rings is 1. The summed E-state index contributed by atoms with van der Waals surface area (Å²) in [6.07, 6.45) is 0.184. The normalized spacial score (nSPS) is 21.2. The van der Waals surface area contributed by atoms with Gasteiger partial charge in [0.05, 0.1) is 23.2 Å². The van der Waals surface area contributed by atoms with Gasteiger partial charge in [-0.05, 0) is 30.3 Å². The molecule has 2 amide bonds. The standard InChI is InChI=1S/C20H19Cl2N3O2/c21-14-6-7-17(16(22)12-14)25-19(26)13-18(20(25)27)24-10-8-23(9-11-24)15-4-2-1-3-5-15/h1-7,12,18H,8-11,13H2. The van der Waals surface area contributed by atoms with Crippen molar-refractivity contribution in [3.8, 4) is 0 Å². The van der Waals surface area contributed by atoms with Crippen LogP contribution in [0, 0.1) is 0 Å². The number of carbonyl (C=O) groups excluding carboxylic acids is 2. The molecule has 7 heteroatoms. The second kappa shape index (κ2) is 7.50. The van der Waals surface area contributed by atoms with Gasteiger partial charge >= 0.3 is 0 Å². The molecule has 0 spiro atoms. The molecule has 0 radical (unpaired) electrons. The minimum atomic E-state index is -0.429. The van der Waals surface area contributed by atoms with E-state index in [1.165, 1.54) is 10.6 Å². The second-order valence-corrected chi connectivity index (χ2v) is 7.59. The lowest BCUT2D eigenvalue weighted by atomic mass is 10.1. The van der Waals surface area contributed by atoms with Gasteiger partial charge in [0.1, 0.15) is 0 Å². The molecule has 2 aliphatic heterocycles. The minimum Gasteiger partial charge on any atom is -0.369 e. The Balaban J connectivity index is 1.46. The summed E-state index contributed by atoms with van der Waals surface area (Å²) in [5.41, 5.74) is 1.59. The van der Waals surface area contributed by atoms with E-state index in [2.05, 4.69) is 21.9 Å². The number of carbonyl (C=O) groups is 2. The van der Waals surface area contributed by atoms with Crippen molar-refractivity contribution in [1.82, 2.24) is 4.90 Å². The lowest BCUT2D eigenvalue weighted by Gasteiger charge is -2.38. The molecule has 0 aromatic heterocycles. The fraction of sp³-hybridized carbons (Fsp3) is 0.300. The largest absolute Gasteiger partial charge is 0.369 e. The van der Waals surface area contributed by atoms with Gasteiger partial charge in [0.25, 0.3) is 5.91 Å². The average molecular weight is 404 g/mol. The predicted octanol–water partition coefficient (Wildman–Crippen LogP) is 3.45. The van der Waals surface area contributed by atoms with Crippen LogP contribution in [-0.4, -0.2) is 48.9 Å². The summed E-state index contributed by atoms with van der Waals surface area (Å²) in [5, 5.41) is 0.773. The Morgan fingerprint density at radius 2 is 1.59 bits per heavy atom. The van der Waals surface area contributed by atoms with Crippen molar-refractivity contribution in [3.63, 3.8) is 0 Å². The molecule has 4 rings (SSSR count).